The molecule has 0 radical (unpaired) electrons. The van der Waals surface area contributed by atoms with Gasteiger partial charge in [0.2, 0.25) is 0 Å². The Balaban J connectivity index is 2.09. The molecule has 1 aromatic carbocycles. The second-order valence-corrected chi connectivity index (χ2v) is 5.57. The summed E-state index contributed by atoms with van der Waals surface area (Å²) < 4.78 is 1.03. The smallest absolute Gasteiger partial charge is 0.152 e. The fraction of sp³-hybridized carbons (Fsp3) is 0.500. The molecule has 0 aliphatic carbocycles. The molecule has 0 amide bonds. The summed E-state index contributed by atoms with van der Waals surface area (Å²) in [6.07, 6.45) is 2.15. The maximum atomic E-state index is 11.1. The Hall–Kier alpha value is -0.870. The van der Waals surface area contributed by atoms with Crippen LogP contribution in [0, 0.1) is 0 Å². The zero-order valence-electron chi connectivity index (χ0n) is 10.7. The predicted octanol–water partition coefficient (Wildman–Crippen LogP) is 2.79. The van der Waals surface area contributed by atoms with Crippen molar-refractivity contribution in [1.29, 1.82) is 0 Å². The molecule has 1 aromatic rings. The van der Waals surface area contributed by atoms with Crippen molar-refractivity contribution < 1.29 is 4.79 Å². The number of hydrogen-bond acceptors (Lipinski definition) is 3. The minimum absolute atomic E-state index is 0.780. The normalized spacial score (nSPS) is 16.9. The van der Waals surface area contributed by atoms with Gasteiger partial charge in [-0.2, -0.15) is 0 Å². The van der Waals surface area contributed by atoms with Crippen LogP contribution >= 0.6 is 15.9 Å². The third-order valence-electron chi connectivity index (χ3n) is 3.37. The first-order chi connectivity index (χ1) is 8.74. The Morgan fingerprint density at radius 2 is 2.00 bits per heavy atom. The lowest BCUT2D eigenvalue weighted by atomic mass is 10.1. The van der Waals surface area contributed by atoms with Crippen LogP contribution in [-0.2, 0) is 0 Å². The molecule has 0 aromatic heterocycles. The highest BCUT2D eigenvalue weighted by atomic mass is 79.9. The molecule has 1 aliphatic heterocycles. The van der Waals surface area contributed by atoms with Gasteiger partial charge in [-0.25, -0.2) is 0 Å². The molecule has 1 heterocycles. The van der Waals surface area contributed by atoms with Gasteiger partial charge in [0.25, 0.3) is 0 Å². The monoisotopic (exact) mass is 310 g/mol. The van der Waals surface area contributed by atoms with E-state index in [2.05, 4.69) is 32.7 Å². The highest BCUT2D eigenvalue weighted by molar-refractivity contribution is 9.10. The average Bonchev–Trinajstić information content (AvgIpc) is 2.40. The van der Waals surface area contributed by atoms with E-state index in [1.54, 1.807) is 0 Å². The van der Waals surface area contributed by atoms with Crippen LogP contribution in [0.25, 0.3) is 0 Å². The highest BCUT2D eigenvalue weighted by Gasteiger charge is 2.18. The lowest BCUT2D eigenvalue weighted by molar-refractivity contribution is 0.112. The van der Waals surface area contributed by atoms with Gasteiger partial charge in [-0.15, -0.1) is 0 Å². The van der Waals surface area contributed by atoms with E-state index in [9.17, 15) is 4.79 Å². The van der Waals surface area contributed by atoms with Crippen LogP contribution in [0.2, 0.25) is 0 Å². The van der Waals surface area contributed by atoms with Gasteiger partial charge in [0.1, 0.15) is 0 Å². The van der Waals surface area contributed by atoms with E-state index in [1.165, 1.54) is 13.0 Å². The second kappa shape index (κ2) is 6.34. The molecule has 2 rings (SSSR count). The van der Waals surface area contributed by atoms with Crippen molar-refractivity contribution in [2.45, 2.75) is 13.3 Å². The summed E-state index contributed by atoms with van der Waals surface area (Å²) >= 11 is 3.48. The van der Waals surface area contributed by atoms with E-state index >= 15 is 0 Å². The van der Waals surface area contributed by atoms with Crippen molar-refractivity contribution in [3.63, 3.8) is 0 Å². The van der Waals surface area contributed by atoms with Crippen LogP contribution in [0.4, 0.5) is 5.69 Å². The first kappa shape index (κ1) is 13.6. The molecule has 0 atom stereocenters. The number of carbonyl (C=O) groups is 1. The number of piperazine rings is 1. The van der Waals surface area contributed by atoms with Gasteiger partial charge in [-0.3, -0.25) is 9.69 Å². The summed E-state index contributed by atoms with van der Waals surface area (Å²) in [5, 5.41) is 0. The van der Waals surface area contributed by atoms with Crippen LogP contribution in [0.5, 0.6) is 0 Å². The molecular weight excluding hydrogens is 292 g/mol. The standard InChI is InChI=1S/C14H19BrN2O/c1-2-5-16-6-8-17(9-7-16)14-10-13(15)4-3-12(14)11-18/h3-4,10-11H,2,5-9H2,1H3. The molecule has 0 bridgehead atoms. The Kier molecular flexibility index (Phi) is 4.78. The Labute approximate surface area is 117 Å². The second-order valence-electron chi connectivity index (χ2n) is 4.65. The molecule has 4 heteroatoms. The summed E-state index contributed by atoms with van der Waals surface area (Å²) in [5.74, 6) is 0. The number of anilines is 1. The fourth-order valence-corrected chi connectivity index (χ4v) is 2.77. The van der Waals surface area contributed by atoms with Crippen molar-refractivity contribution in [2.24, 2.45) is 0 Å². The first-order valence-corrected chi connectivity index (χ1v) is 7.26. The van der Waals surface area contributed by atoms with E-state index < -0.39 is 0 Å². The number of rotatable bonds is 4. The van der Waals surface area contributed by atoms with Crippen LogP contribution in [-0.4, -0.2) is 43.9 Å². The molecule has 1 saturated heterocycles. The summed E-state index contributed by atoms with van der Waals surface area (Å²) in [4.78, 5) is 15.9. The lowest BCUT2D eigenvalue weighted by Crippen LogP contribution is -2.46. The zero-order chi connectivity index (χ0) is 13.0. The molecule has 0 saturated carbocycles. The Morgan fingerprint density at radius 1 is 1.28 bits per heavy atom. The SMILES string of the molecule is CCCN1CCN(c2cc(Br)ccc2C=O)CC1. The minimum atomic E-state index is 0.780. The summed E-state index contributed by atoms with van der Waals surface area (Å²) in [6.45, 7) is 7.55. The molecule has 18 heavy (non-hydrogen) atoms. The van der Waals surface area contributed by atoms with Crippen molar-refractivity contribution in [1.82, 2.24) is 4.90 Å². The van der Waals surface area contributed by atoms with Crippen LogP contribution < -0.4 is 4.90 Å². The average molecular weight is 311 g/mol. The van der Waals surface area contributed by atoms with E-state index in [-0.39, 0.29) is 0 Å². The third-order valence-corrected chi connectivity index (χ3v) is 3.87. The van der Waals surface area contributed by atoms with Crippen LogP contribution in [0.15, 0.2) is 22.7 Å². The summed E-state index contributed by atoms with van der Waals surface area (Å²) in [5.41, 5.74) is 1.83. The number of aldehydes is 1. The zero-order valence-corrected chi connectivity index (χ0v) is 12.3. The first-order valence-electron chi connectivity index (χ1n) is 6.46. The van der Waals surface area contributed by atoms with Gasteiger partial charge < -0.3 is 4.90 Å². The van der Waals surface area contributed by atoms with Gasteiger partial charge in [0.15, 0.2) is 6.29 Å². The van der Waals surface area contributed by atoms with Gasteiger partial charge in [0.05, 0.1) is 0 Å². The van der Waals surface area contributed by atoms with Crippen molar-refractivity contribution in [3.05, 3.63) is 28.2 Å². The Morgan fingerprint density at radius 3 is 2.61 bits per heavy atom. The molecular formula is C14H19BrN2O. The maximum absolute atomic E-state index is 11.1. The lowest BCUT2D eigenvalue weighted by Gasteiger charge is -2.36. The number of carbonyl (C=O) groups excluding carboxylic acids is 1. The maximum Gasteiger partial charge on any atom is 0.152 e. The number of nitrogens with zero attached hydrogens (tertiary/aromatic N) is 2. The van der Waals surface area contributed by atoms with Crippen molar-refractivity contribution in [2.75, 3.05) is 37.6 Å². The third kappa shape index (κ3) is 3.12. The van der Waals surface area contributed by atoms with Crippen LogP contribution in [0.3, 0.4) is 0 Å². The molecule has 0 unspecified atom stereocenters. The summed E-state index contributed by atoms with van der Waals surface area (Å²) in [7, 11) is 0. The van der Waals surface area contributed by atoms with Crippen LogP contribution in [0.1, 0.15) is 23.7 Å². The van der Waals surface area contributed by atoms with E-state index in [0.29, 0.717) is 0 Å². The van der Waals surface area contributed by atoms with Gasteiger partial charge in [-0.05, 0) is 31.2 Å². The van der Waals surface area contributed by atoms with Gasteiger partial charge in [0, 0.05) is 41.9 Å². The molecule has 1 aliphatic rings. The van der Waals surface area contributed by atoms with Crippen molar-refractivity contribution in [3.8, 4) is 0 Å². The van der Waals surface area contributed by atoms with Gasteiger partial charge >= 0.3 is 0 Å². The highest BCUT2D eigenvalue weighted by Crippen LogP contribution is 2.25. The van der Waals surface area contributed by atoms with E-state index in [0.717, 1.165) is 48.2 Å². The summed E-state index contributed by atoms with van der Waals surface area (Å²) in [6, 6.07) is 5.84. The molecule has 98 valence electrons. The van der Waals surface area contributed by atoms with E-state index in [4.69, 9.17) is 0 Å². The fourth-order valence-electron chi connectivity index (χ4n) is 2.42. The number of benzene rings is 1. The molecule has 0 spiro atoms. The quantitative estimate of drug-likeness (QED) is 0.799. The predicted molar refractivity (Wildman–Crippen MR) is 78.5 cm³/mol. The number of hydrogen-bond donors (Lipinski definition) is 0. The largest absolute Gasteiger partial charge is 0.368 e. The molecule has 3 nitrogen and oxygen atoms in total. The van der Waals surface area contributed by atoms with Crippen molar-refractivity contribution >= 4 is 27.9 Å². The Bertz CT molecular complexity index is 414. The number of halogens is 1. The molecule has 1 fully saturated rings. The topological polar surface area (TPSA) is 23.6 Å². The minimum Gasteiger partial charge on any atom is -0.368 e. The molecule has 0 N–H and O–H groups in total. The van der Waals surface area contributed by atoms with Gasteiger partial charge in [-0.1, -0.05) is 22.9 Å². The van der Waals surface area contributed by atoms with E-state index in [1.807, 2.05) is 18.2 Å².